The van der Waals surface area contributed by atoms with Crippen molar-refractivity contribution in [2.45, 2.75) is 523 Å². The minimum absolute atomic E-state index is 0.00469. The van der Waals surface area contributed by atoms with Gasteiger partial charge < -0.3 is 49.1 Å². The van der Waals surface area contributed by atoms with Crippen molar-refractivity contribution in [3.8, 4) is 0 Å². The average molecular weight is 1880 g/mol. The standard InChI is InChI=1S/2C18H32N2O3.C14H25NO.C13H24N2O.C13H23NO.2C13H26.7C2H6/c1-13-6-8-15(9-7-13)16(21)20-11-10-19(12-14(20)2)17(22)23-18(3,4)5;1-13-6-8-15(9-7-13)16(21)19-10-11-20(14(2)12-19)17(22)23-18(3,4)5;1-11-6-8-13(9-7-11)14(16)15-10-4-3-5-12(15)2;1-10-3-5-12(6-4-10)13(16)15-8-7-14-11(2)9-15;1-11-5-7-12(8-6-11)13(15)14-9-3-2-4-10-14;2*1-10(2)9-12(4)13-7-5-11(3)6-8-13;7*1-2/h2*13-15H,6-12H2,1-5H3;11-13H,3-10H2,1-2H3;10-12,14H,3-9H2,1-2H3;11-12H,2-10H2,1H3;2*10-13H,5-9H2,1-4H3;7*1-2H3/t2*13?,14-,15?;11?,12-,13?;10?,11-,12?;;2*11?,12-,13?;;;;;;;/m1010.10......./s1. The summed E-state index contributed by atoms with van der Waals surface area (Å²) >= 11 is 0. The van der Waals surface area contributed by atoms with Crippen molar-refractivity contribution < 1.29 is 43.0 Å². The first-order valence-corrected chi connectivity index (χ1v) is 57.3. The van der Waals surface area contributed by atoms with Crippen LogP contribution in [0, 0.1) is 107 Å². The van der Waals surface area contributed by atoms with Crippen LogP contribution in [-0.2, 0) is 33.4 Å². The van der Waals surface area contributed by atoms with Gasteiger partial charge in [-0.2, -0.15) is 0 Å². The number of piperidine rings is 2. The normalized spacial score (nSPS) is 29.1. The zero-order valence-corrected chi connectivity index (χ0v) is 95.4. The minimum atomic E-state index is -0.484. The molecule has 1 N–H and O–H groups in total. The van der Waals surface area contributed by atoms with Crippen molar-refractivity contribution >= 4 is 41.7 Å². The molecule has 788 valence electrons. The number of hydrogen-bond acceptors (Lipinski definition) is 10. The second kappa shape index (κ2) is 73.9. The third-order valence-electron chi connectivity index (χ3n) is 29.8. The van der Waals surface area contributed by atoms with Gasteiger partial charge in [0.25, 0.3) is 0 Å². The van der Waals surface area contributed by atoms with E-state index in [2.05, 4.69) is 124 Å². The Morgan fingerprint density at radius 1 is 0.271 bits per heavy atom. The molecule has 7 amide bonds. The van der Waals surface area contributed by atoms with Gasteiger partial charge in [0.2, 0.25) is 29.5 Å². The lowest BCUT2D eigenvalue weighted by Gasteiger charge is -2.42. The molecule has 0 aromatic heterocycles. The van der Waals surface area contributed by atoms with Gasteiger partial charge in [-0.05, 0) is 352 Å². The van der Waals surface area contributed by atoms with Crippen LogP contribution in [0.3, 0.4) is 0 Å². The minimum Gasteiger partial charge on any atom is -0.444 e. The maximum absolute atomic E-state index is 12.8. The fourth-order valence-electron chi connectivity index (χ4n) is 21.6. The second-order valence-corrected chi connectivity index (χ2v) is 44.6. The molecular formula is C116H230N8O9. The van der Waals surface area contributed by atoms with Gasteiger partial charge in [0.05, 0.1) is 0 Å². The highest BCUT2D eigenvalue weighted by Crippen LogP contribution is 2.40. The van der Waals surface area contributed by atoms with E-state index >= 15 is 0 Å². The Labute approximate surface area is 827 Å². The van der Waals surface area contributed by atoms with E-state index in [4.69, 9.17) is 9.47 Å². The number of rotatable bonds is 11. The van der Waals surface area contributed by atoms with Gasteiger partial charge >= 0.3 is 12.2 Å². The first kappa shape index (κ1) is 131. The number of ether oxygens (including phenoxy) is 2. The van der Waals surface area contributed by atoms with Gasteiger partial charge in [-0.25, -0.2) is 9.59 Å². The molecule has 0 aromatic rings. The Morgan fingerprint density at radius 3 is 0.850 bits per heavy atom. The van der Waals surface area contributed by atoms with Gasteiger partial charge in [-0.3, -0.25) is 24.0 Å². The molecular weight excluding hydrogens is 1650 g/mol. The predicted octanol–water partition coefficient (Wildman–Crippen LogP) is 30.4. The van der Waals surface area contributed by atoms with E-state index in [1.165, 1.54) is 141 Å². The van der Waals surface area contributed by atoms with E-state index in [-0.39, 0.29) is 47.9 Å². The van der Waals surface area contributed by atoms with Crippen LogP contribution in [-0.4, -0.2) is 190 Å². The highest BCUT2D eigenvalue weighted by molar-refractivity contribution is 5.82. The molecule has 133 heavy (non-hydrogen) atoms. The summed E-state index contributed by atoms with van der Waals surface area (Å²) in [6, 6.07) is 1.01. The molecule has 7 aliphatic carbocycles. The number of nitrogens with one attached hydrogen (secondary N) is 1. The van der Waals surface area contributed by atoms with E-state index in [0.29, 0.717) is 86.8 Å². The second-order valence-electron chi connectivity index (χ2n) is 44.6. The van der Waals surface area contributed by atoms with E-state index in [1.807, 2.05) is 162 Å². The topological polar surface area (TPSA) is 173 Å². The molecule has 0 unspecified atom stereocenters. The fraction of sp³-hybridized carbons (Fsp3) is 0.940. The molecule has 0 radical (unpaired) electrons. The largest absolute Gasteiger partial charge is 0.444 e. The third kappa shape index (κ3) is 53.3. The van der Waals surface area contributed by atoms with E-state index in [0.717, 1.165) is 206 Å². The Morgan fingerprint density at radius 2 is 0.541 bits per heavy atom. The summed E-state index contributed by atoms with van der Waals surface area (Å²) in [7, 11) is 0. The van der Waals surface area contributed by atoms with Crippen LogP contribution in [0.15, 0.2) is 0 Å². The number of amides is 7. The summed E-state index contributed by atoms with van der Waals surface area (Å²) in [6.07, 6.45) is 44.6. The number of carbonyl (C=O) groups excluding carboxylic acids is 7. The van der Waals surface area contributed by atoms with E-state index in [9.17, 15) is 33.6 Å². The molecule has 0 aromatic carbocycles. The molecule has 12 fully saturated rings. The average Bonchev–Trinajstić information content (AvgIpc) is 0.816. The zero-order valence-electron chi connectivity index (χ0n) is 95.4. The molecule has 5 heterocycles. The van der Waals surface area contributed by atoms with Crippen molar-refractivity contribution in [3.05, 3.63) is 0 Å². The van der Waals surface area contributed by atoms with Crippen molar-refractivity contribution in [2.24, 2.45) is 107 Å². The van der Waals surface area contributed by atoms with Gasteiger partial charge in [0, 0.05) is 132 Å². The lowest BCUT2D eigenvalue weighted by atomic mass is 9.75. The molecule has 17 heteroatoms. The summed E-state index contributed by atoms with van der Waals surface area (Å²) < 4.78 is 10.9. The van der Waals surface area contributed by atoms with Crippen LogP contribution >= 0.6 is 0 Å². The Bertz CT molecular complexity index is 2860. The molecule has 12 aliphatic rings. The lowest BCUT2D eigenvalue weighted by molar-refractivity contribution is -0.141. The smallest absolute Gasteiger partial charge is 0.410 e. The summed E-state index contributed by atoms with van der Waals surface area (Å²) in [5.41, 5.74) is -0.964. The Kier molecular flexibility index (Phi) is 72.7. The zero-order chi connectivity index (χ0) is 102. The number of nitrogens with zero attached hydrogens (tertiary/aromatic N) is 7. The molecule has 0 spiro atoms. The first-order chi connectivity index (χ1) is 63.1. The van der Waals surface area contributed by atoms with Crippen molar-refractivity contribution in [2.75, 3.05) is 78.5 Å². The van der Waals surface area contributed by atoms with Crippen molar-refractivity contribution in [3.63, 3.8) is 0 Å². The summed E-state index contributed by atoms with van der Waals surface area (Å²) in [5.74, 6) is 15.1. The number of carbonyl (C=O) groups is 7. The molecule has 17 nitrogen and oxygen atoms in total. The molecule has 6 atom stereocenters. The lowest BCUT2D eigenvalue weighted by Crippen LogP contribution is -2.57. The molecule has 5 aliphatic heterocycles. The third-order valence-corrected chi connectivity index (χ3v) is 29.8. The molecule has 0 bridgehead atoms. The summed E-state index contributed by atoms with van der Waals surface area (Å²) in [6.45, 7) is 87.5. The van der Waals surface area contributed by atoms with Crippen LogP contribution in [0.5, 0.6) is 0 Å². The fourth-order valence-corrected chi connectivity index (χ4v) is 21.6. The van der Waals surface area contributed by atoms with Crippen LogP contribution in [0.1, 0.15) is 487 Å². The predicted molar refractivity (Wildman–Crippen MR) is 572 cm³/mol. The van der Waals surface area contributed by atoms with E-state index < -0.39 is 11.2 Å². The highest BCUT2D eigenvalue weighted by Gasteiger charge is 2.40. The molecule has 7 saturated carbocycles. The number of likely N-dealkylation sites (tertiary alicyclic amines) is 2. The number of hydrogen-bond donors (Lipinski definition) is 1. The molecule has 5 saturated heterocycles. The van der Waals surface area contributed by atoms with Gasteiger partial charge in [0.1, 0.15) is 11.2 Å². The van der Waals surface area contributed by atoms with Gasteiger partial charge in [-0.15, -0.1) is 0 Å². The quantitative estimate of drug-likeness (QED) is 0.210. The molecule has 12 rings (SSSR count). The maximum Gasteiger partial charge on any atom is 0.410 e. The van der Waals surface area contributed by atoms with Gasteiger partial charge in [0.15, 0.2) is 0 Å². The van der Waals surface area contributed by atoms with Crippen LogP contribution in [0.25, 0.3) is 0 Å². The van der Waals surface area contributed by atoms with Gasteiger partial charge in [-0.1, -0.05) is 213 Å². The number of piperazine rings is 3. The Balaban J connectivity index is 0. The van der Waals surface area contributed by atoms with Crippen LogP contribution < -0.4 is 5.32 Å². The van der Waals surface area contributed by atoms with Crippen LogP contribution in [0.4, 0.5) is 9.59 Å². The van der Waals surface area contributed by atoms with E-state index in [1.54, 1.807) is 9.80 Å². The van der Waals surface area contributed by atoms with Crippen molar-refractivity contribution in [1.82, 2.24) is 39.6 Å². The highest BCUT2D eigenvalue weighted by atomic mass is 16.6. The Hall–Kier alpha value is -4.15. The first-order valence-electron chi connectivity index (χ1n) is 57.3. The summed E-state index contributed by atoms with van der Waals surface area (Å²) in [4.78, 5) is 101. The SMILES string of the molecule is CC.CC.CC.CC.CC.CC.CC.CC(C)C[C@@H](C)C1CCC(C)CC1.CC(C)C[C@H](C)C1CCC(C)CC1.CC1CCC(C(=O)N2CCCCC2)CC1.CC1CCC(C(=O)N2CCCC[C@H]2C)CC1.CC1CCC(C(=O)N2CCN(C(=O)OC(C)(C)C)C[C@H]2C)CC1.CC1CCC(C(=O)N2CCN(C(=O)OC(C)(C)C)[C@@H](C)C2)CC1.CC1CCC(C(=O)N2CCN[C@@H](C)C2)CC1. The summed E-state index contributed by atoms with van der Waals surface area (Å²) in [5, 5.41) is 3.38. The maximum atomic E-state index is 12.8. The monoisotopic (exact) mass is 1880 g/mol. The van der Waals surface area contributed by atoms with Crippen molar-refractivity contribution in [1.29, 1.82) is 0 Å². The van der Waals surface area contributed by atoms with Crippen LogP contribution in [0.2, 0.25) is 0 Å².